The van der Waals surface area contributed by atoms with Gasteiger partial charge < -0.3 is 20.5 Å². The van der Waals surface area contributed by atoms with E-state index in [1.165, 1.54) is 0 Å². The topological polar surface area (TPSA) is 91.1 Å². The van der Waals surface area contributed by atoms with Gasteiger partial charge in [-0.05, 0) is 31.6 Å². The zero-order valence-electron chi connectivity index (χ0n) is 15.9. The summed E-state index contributed by atoms with van der Waals surface area (Å²) < 4.78 is 0. The Morgan fingerprint density at radius 3 is 2.75 bits per heavy atom. The number of H-pyrrole nitrogens is 1. The van der Waals surface area contributed by atoms with Gasteiger partial charge in [0.25, 0.3) is 5.91 Å². The lowest BCUT2D eigenvalue weighted by atomic mass is 10.0. The molecular formula is C21H24N6O. The standard InChI is InChI=1S/C21H24N6O/c1-26-8-5-9-27(11-10-26)20(28)18-12-16(13-23-18)19-17(14-24-21(22)25-19)15-6-3-2-4-7-15/h2-4,6-7,12-14,23H,5,8-11H2,1H3,(H2,22,24,25). The molecule has 4 rings (SSSR count). The van der Waals surface area contributed by atoms with Crippen LogP contribution in [0.15, 0.2) is 48.8 Å². The lowest BCUT2D eigenvalue weighted by Crippen LogP contribution is -2.34. The molecule has 1 aromatic carbocycles. The van der Waals surface area contributed by atoms with Crippen molar-refractivity contribution in [3.8, 4) is 22.4 Å². The smallest absolute Gasteiger partial charge is 0.270 e. The molecule has 0 saturated carbocycles. The fourth-order valence-electron chi connectivity index (χ4n) is 3.52. The van der Waals surface area contributed by atoms with Gasteiger partial charge in [0.05, 0.1) is 5.69 Å². The van der Waals surface area contributed by atoms with Gasteiger partial charge in [-0.1, -0.05) is 30.3 Å². The second-order valence-electron chi connectivity index (χ2n) is 7.11. The molecule has 0 unspecified atom stereocenters. The minimum atomic E-state index is 0.0184. The lowest BCUT2D eigenvalue weighted by molar-refractivity contribution is 0.0757. The normalized spacial score (nSPS) is 15.4. The van der Waals surface area contributed by atoms with Crippen LogP contribution in [-0.2, 0) is 0 Å². The van der Waals surface area contributed by atoms with Gasteiger partial charge >= 0.3 is 0 Å². The minimum absolute atomic E-state index is 0.0184. The van der Waals surface area contributed by atoms with Gasteiger partial charge in [0.2, 0.25) is 5.95 Å². The predicted octanol–water partition coefficient (Wildman–Crippen LogP) is 2.50. The average Bonchev–Trinajstić information content (AvgIpc) is 3.11. The summed E-state index contributed by atoms with van der Waals surface area (Å²) >= 11 is 0. The number of nitrogens with two attached hydrogens (primary N) is 1. The second kappa shape index (κ2) is 7.82. The van der Waals surface area contributed by atoms with Gasteiger partial charge in [0.1, 0.15) is 5.69 Å². The van der Waals surface area contributed by atoms with E-state index in [2.05, 4.69) is 26.9 Å². The van der Waals surface area contributed by atoms with Crippen LogP contribution in [0.25, 0.3) is 22.4 Å². The van der Waals surface area contributed by atoms with E-state index in [1.54, 1.807) is 6.20 Å². The van der Waals surface area contributed by atoms with Gasteiger partial charge in [-0.3, -0.25) is 4.79 Å². The van der Waals surface area contributed by atoms with Crippen LogP contribution in [0.4, 0.5) is 5.95 Å². The number of anilines is 1. The summed E-state index contributed by atoms with van der Waals surface area (Å²) in [5.74, 6) is 0.226. The number of hydrogen-bond donors (Lipinski definition) is 2. The average molecular weight is 376 g/mol. The molecule has 3 aromatic rings. The van der Waals surface area contributed by atoms with Crippen LogP contribution < -0.4 is 5.73 Å². The number of carbonyl (C=O) groups excluding carboxylic acids is 1. The molecule has 1 aliphatic rings. The van der Waals surface area contributed by atoms with Crippen LogP contribution in [0.3, 0.4) is 0 Å². The van der Waals surface area contributed by atoms with Crippen molar-refractivity contribution in [3.05, 3.63) is 54.5 Å². The number of nitrogens with zero attached hydrogens (tertiary/aromatic N) is 4. The van der Waals surface area contributed by atoms with Crippen LogP contribution >= 0.6 is 0 Å². The van der Waals surface area contributed by atoms with E-state index in [0.29, 0.717) is 11.4 Å². The Morgan fingerprint density at radius 2 is 1.93 bits per heavy atom. The monoisotopic (exact) mass is 376 g/mol. The van der Waals surface area contributed by atoms with Crippen molar-refractivity contribution >= 4 is 11.9 Å². The summed E-state index contributed by atoms with van der Waals surface area (Å²) in [6.07, 6.45) is 4.52. The van der Waals surface area contributed by atoms with Gasteiger partial charge in [-0.15, -0.1) is 0 Å². The van der Waals surface area contributed by atoms with Crippen LogP contribution in [0.1, 0.15) is 16.9 Å². The Kier molecular flexibility index (Phi) is 5.08. The maximum atomic E-state index is 12.9. The number of amides is 1. The molecule has 1 fully saturated rings. The maximum Gasteiger partial charge on any atom is 0.270 e. The third-order valence-electron chi connectivity index (χ3n) is 5.09. The number of carbonyl (C=O) groups is 1. The number of nitrogen functional groups attached to an aromatic ring is 1. The number of likely N-dealkylation sites (N-methyl/N-ethyl adjacent to an activating group) is 1. The van der Waals surface area contributed by atoms with Gasteiger partial charge in [-0.2, -0.15) is 0 Å². The van der Waals surface area contributed by atoms with E-state index in [1.807, 2.05) is 47.5 Å². The summed E-state index contributed by atoms with van der Waals surface area (Å²) in [5.41, 5.74) is 9.83. The molecule has 144 valence electrons. The number of aromatic amines is 1. The van der Waals surface area contributed by atoms with Crippen LogP contribution in [0.5, 0.6) is 0 Å². The van der Waals surface area contributed by atoms with E-state index >= 15 is 0 Å². The lowest BCUT2D eigenvalue weighted by Gasteiger charge is -2.19. The number of aromatic nitrogens is 3. The largest absolute Gasteiger partial charge is 0.368 e. The molecule has 7 nitrogen and oxygen atoms in total. The predicted molar refractivity (Wildman–Crippen MR) is 110 cm³/mol. The van der Waals surface area contributed by atoms with Gasteiger partial charge in [0, 0.05) is 43.2 Å². The van der Waals surface area contributed by atoms with Gasteiger partial charge in [0.15, 0.2) is 0 Å². The molecule has 0 atom stereocenters. The molecule has 1 saturated heterocycles. The van der Waals surface area contributed by atoms with Crippen molar-refractivity contribution in [2.24, 2.45) is 0 Å². The van der Waals surface area contributed by atoms with Crippen molar-refractivity contribution < 1.29 is 4.79 Å². The molecule has 28 heavy (non-hydrogen) atoms. The van der Waals surface area contributed by atoms with E-state index in [4.69, 9.17) is 5.73 Å². The number of hydrogen-bond acceptors (Lipinski definition) is 5. The number of nitrogens with one attached hydrogen (secondary N) is 1. The molecule has 3 N–H and O–H groups in total. The molecule has 2 aromatic heterocycles. The van der Waals surface area contributed by atoms with Gasteiger partial charge in [-0.25, -0.2) is 9.97 Å². The van der Waals surface area contributed by atoms with Crippen molar-refractivity contribution in [2.75, 3.05) is 39.0 Å². The first-order valence-corrected chi connectivity index (χ1v) is 9.46. The fourth-order valence-corrected chi connectivity index (χ4v) is 3.52. The summed E-state index contributed by atoms with van der Waals surface area (Å²) in [4.78, 5) is 28.8. The maximum absolute atomic E-state index is 12.9. The second-order valence-corrected chi connectivity index (χ2v) is 7.11. The summed E-state index contributed by atoms with van der Waals surface area (Å²) in [6.45, 7) is 3.41. The molecular weight excluding hydrogens is 352 g/mol. The summed E-state index contributed by atoms with van der Waals surface area (Å²) in [5, 5.41) is 0. The highest BCUT2D eigenvalue weighted by Gasteiger charge is 2.21. The number of rotatable bonds is 3. The molecule has 1 amide bonds. The first-order chi connectivity index (χ1) is 13.6. The van der Waals surface area contributed by atoms with Crippen molar-refractivity contribution in [2.45, 2.75) is 6.42 Å². The Balaban J connectivity index is 1.64. The number of benzene rings is 1. The van der Waals surface area contributed by atoms with Crippen molar-refractivity contribution in [1.29, 1.82) is 0 Å². The first kappa shape index (κ1) is 18.2. The molecule has 3 heterocycles. The van der Waals surface area contributed by atoms with E-state index < -0.39 is 0 Å². The van der Waals surface area contributed by atoms with Crippen molar-refractivity contribution in [3.63, 3.8) is 0 Å². The quantitative estimate of drug-likeness (QED) is 0.733. The highest BCUT2D eigenvalue weighted by atomic mass is 16.2. The molecule has 0 bridgehead atoms. The minimum Gasteiger partial charge on any atom is -0.368 e. The van der Waals surface area contributed by atoms with E-state index in [-0.39, 0.29) is 11.9 Å². The molecule has 0 spiro atoms. The SMILES string of the molecule is CN1CCCN(C(=O)c2cc(-c3nc(N)ncc3-c3ccccc3)c[nH]2)CC1. The third kappa shape index (κ3) is 3.75. The fraction of sp³-hybridized carbons (Fsp3) is 0.286. The van der Waals surface area contributed by atoms with Crippen LogP contribution in [0, 0.1) is 0 Å². The third-order valence-corrected chi connectivity index (χ3v) is 5.09. The highest BCUT2D eigenvalue weighted by molar-refractivity contribution is 5.94. The molecule has 1 aliphatic heterocycles. The summed E-state index contributed by atoms with van der Waals surface area (Å²) in [7, 11) is 2.09. The van der Waals surface area contributed by atoms with Crippen LogP contribution in [-0.4, -0.2) is 63.9 Å². The Labute approximate surface area is 164 Å². The zero-order chi connectivity index (χ0) is 19.5. The Bertz CT molecular complexity index is 968. The van der Waals surface area contributed by atoms with Crippen LogP contribution in [0.2, 0.25) is 0 Å². The highest BCUT2D eigenvalue weighted by Crippen LogP contribution is 2.31. The molecule has 0 radical (unpaired) electrons. The zero-order valence-corrected chi connectivity index (χ0v) is 15.9. The summed E-state index contributed by atoms with van der Waals surface area (Å²) in [6, 6.07) is 11.8. The Hall–Kier alpha value is -3.19. The van der Waals surface area contributed by atoms with E-state index in [0.717, 1.165) is 49.3 Å². The Morgan fingerprint density at radius 1 is 1.11 bits per heavy atom. The molecule has 0 aliphatic carbocycles. The van der Waals surface area contributed by atoms with E-state index in [9.17, 15) is 4.79 Å². The first-order valence-electron chi connectivity index (χ1n) is 9.46. The molecule has 7 heteroatoms. The van der Waals surface area contributed by atoms with Crippen molar-refractivity contribution in [1.82, 2.24) is 24.8 Å².